The summed E-state index contributed by atoms with van der Waals surface area (Å²) in [6, 6.07) is 29.9. The van der Waals surface area contributed by atoms with Gasteiger partial charge in [-0.05, 0) is 23.3 Å². The van der Waals surface area contributed by atoms with E-state index >= 15 is 0 Å². The number of aryl methyl sites for hydroxylation is 2. The first kappa shape index (κ1) is 30.2. The molecule has 0 saturated carbocycles. The van der Waals surface area contributed by atoms with Gasteiger partial charge in [-0.2, -0.15) is 12.1 Å². The zero-order valence-corrected chi connectivity index (χ0v) is 27.0. The molecule has 38 heavy (non-hydrogen) atoms. The molecule has 2 aromatic heterocycles. The molecule has 2 radical (unpaired) electrons. The fourth-order valence-electron chi connectivity index (χ4n) is 4.32. The van der Waals surface area contributed by atoms with Crippen molar-refractivity contribution in [2.24, 2.45) is 0 Å². The van der Waals surface area contributed by atoms with E-state index in [1.807, 2.05) is 24.5 Å². The van der Waals surface area contributed by atoms with Gasteiger partial charge in [0.05, 0.1) is 0 Å². The van der Waals surface area contributed by atoms with E-state index in [2.05, 4.69) is 110 Å². The van der Waals surface area contributed by atoms with Gasteiger partial charge in [0, 0.05) is 34.3 Å². The van der Waals surface area contributed by atoms with Crippen molar-refractivity contribution in [3.05, 3.63) is 121 Å². The van der Waals surface area contributed by atoms with Crippen LogP contribution in [0.15, 0.2) is 110 Å². The summed E-state index contributed by atoms with van der Waals surface area (Å²) in [5.74, 6) is 0. The molecule has 0 aliphatic rings. The molecule has 0 N–H and O–H groups in total. The zero-order chi connectivity index (χ0) is 27.3. The monoisotopic (exact) mass is 630 g/mol. The summed E-state index contributed by atoms with van der Waals surface area (Å²) in [6.07, 6.45) is 7.44. The van der Waals surface area contributed by atoms with Crippen LogP contribution < -0.4 is 0 Å². The Kier molecular flexibility index (Phi) is 12.6. The number of benzene rings is 2. The van der Waals surface area contributed by atoms with Gasteiger partial charge in [0.2, 0.25) is 0 Å². The van der Waals surface area contributed by atoms with Crippen LogP contribution in [0.25, 0.3) is 43.8 Å². The van der Waals surface area contributed by atoms with Gasteiger partial charge in [-0.1, -0.05) is 62.3 Å². The average Bonchev–Trinajstić information content (AvgIpc) is 3.51. The van der Waals surface area contributed by atoms with Gasteiger partial charge in [-0.25, -0.2) is 0 Å². The van der Waals surface area contributed by atoms with Crippen LogP contribution in [-0.4, -0.2) is 19.5 Å². The van der Waals surface area contributed by atoms with Crippen molar-refractivity contribution in [3.8, 4) is 22.3 Å². The molecule has 0 aliphatic heterocycles. The maximum absolute atomic E-state index is 4.93. The third kappa shape index (κ3) is 8.32. The van der Waals surface area contributed by atoms with E-state index in [9.17, 15) is 0 Å². The predicted octanol–water partition coefficient (Wildman–Crippen LogP) is 10.0. The number of fused-ring (bicyclic) bond motifs is 2. The van der Waals surface area contributed by atoms with Crippen LogP contribution in [0.2, 0.25) is 13.1 Å². The van der Waals surface area contributed by atoms with Crippen LogP contribution in [0.3, 0.4) is 0 Å². The number of pyridine rings is 2. The van der Waals surface area contributed by atoms with Crippen LogP contribution in [-0.2, 0) is 20.8 Å². The number of hydrogen-bond donors (Lipinski definition) is 0. The maximum atomic E-state index is 4.93. The first-order valence-electron chi connectivity index (χ1n) is 12.2. The van der Waals surface area contributed by atoms with Gasteiger partial charge < -0.3 is 0 Å². The van der Waals surface area contributed by atoms with Gasteiger partial charge in [0.25, 0.3) is 0 Å². The number of aromatic nitrogens is 2. The van der Waals surface area contributed by atoms with Crippen molar-refractivity contribution in [1.29, 1.82) is 0 Å². The summed E-state index contributed by atoms with van der Waals surface area (Å²) in [6.45, 7) is 8.57. The average molecular weight is 633 g/mol. The normalized spacial score (nSPS) is 9.84. The molecule has 0 unspecified atom stereocenters. The molecule has 6 heteroatoms. The molecule has 0 amide bonds. The standard InChI is InChI=1S/2C15H12N.C2H6Si.2ClH.Zr/c2*1-11-8-12-4-2-6-14(15(12)9-11)13-5-3-7-16-10-13;1-3-2;;;/h2*2-10H,1H3;1-2H3;2*1H;/q2*-1;;;;+4/p-2. The third-order valence-electron chi connectivity index (χ3n) is 5.74. The molecule has 4 aromatic carbocycles. The minimum atomic E-state index is -0.826. The summed E-state index contributed by atoms with van der Waals surface area (Å²) in [7, 11) is 11.0. The number of nitrogens with zero attached hydrogens (tertiary/aromatic N) is 2. The Morgan fingerprint density at radius 2 is 1.05 bits per heavy atom. The quantitative estimate of drug-likeness (QED) is 0.140. The SMILES string of the molecule is C[Si]C.Cc1cc2c(-c3cccnc3)cccc2[cH-]1.Cc1cc2c(-c3cccnc3)cccc2[cH-]1.[Cl][Zr+2][Cl]. The van der Waals surface area contributed by atoms with Crippen LogP contribution in [0.5, 0.6) is 0 Å². The van der Waals surface area contributed by atoms with E-state index in [0.717, 1.165) is 9.52 Å². The topological polar surface area (TPSA) is 25.8 Å². The van der Waals surface area contributed by atoms with Gasteiger partial charge >= 0.3 is 37.9 Å². The molecule has 2 nitrogen and oxygen atoms in total. The number of rotatable bonds is 2. The number of halogens is 2. The second-order valence-electron chi connectivity index (χ2n) is 8.74. The summed E-state index contributed by atoms with van der Waals surface area (Å²) in [5.41, 5.74) is 7.51. The van der Waals surface area contributed by atoms with Crippen LogP contribution >= 0.6 is 17.0 Å². The van der Waals surface area contributed by atoms with E-state index < -0.39 is 20.8 Å². The second-order valence-corrected chi connectivity index (χ2v) is 13.5. The minimum absolute atomic E-state index is 0.826. The fourth-order valence-corrected chi connectivity index (χ4v) is 4.32. The Morgan fingerprint density at radius 3 is 1.39 bits per heavy atom. The molecule has 0 fully saturated rings. The van der Waals surface area contributed by atoms with Gasteiger partial charge in [-0.15, -0.1) is 69.1 Å². The van der Waals surface area contributed by atoms with Crippen molar-refractivity contribution in [3.63, 3.8) is 0 Å². The van der Waals surface area contributed by atoms with Crippen LogP contribution in [0, 0.1) is 13.8 Å². The number of hydrogen-bond acceptors (Lipinski definition) is 2. The van der Waals surface area contributed by atoms with E-state index in [-0.39, 0.29) is 0 Å². The Morgan fingerprint density at radius 1 is 0.658 bits per heavy atom. The van der Waals surface area contributed by atoms with Crippen molar-refractivity contribution < 1.29 is 20.8 Å². The van der Waals surface area contributed by atoms with E-state index in [0.29, 0.717) is 0 Å². The third-order valence-corrected chi connectivity index (χ3v) is 5.74. The molecule has 190 valence electrons. The molecule has 0 aliphatic carbocycles. The summed E-state index contributed by atoms with van der Waals surface area (Å²) >= 11 is -0.826. The Hall–Kier alpha value is -2.36. The van der Waals surface area contributed by atoms with Crippen LogP contribution in [0.1, 0.15) is 11.1 Å². The molecule has 6 rings (SSSR count). The van der Waals surface area contributed by atoms with Gasteiger partial charge in [0.15, 0.2) is 0 Å². The first-order valence-corrected chi connectivity index (χ1v) is 20.5. The van der Waals surface area contributed by atoms with Crippen molar-refractivity contribution in [2.45, 2.75) is 26.9 Å². The summed E-state index contributed by atoms with van der Waals surface area (Å²) in [5, 5.41) is 5.23. The summed E-state index contributed by atoms with van der Waals surface area (Å²) in [4.78, 5) is 8.35. The summed E-state index contributed by atoms with van der Waals surface area (Å²) < 4.78 is 0. The van der Waals surface area contributed by atoms with Gasteiger partial charge in [0.1, 0.15) is 0 Å². The Bertz CT molecular complexity index is 1410. The molecule has 0 spiro atoms. The molecule has 0 atom stereocenters. The molecule has 6 aromatic rings. The molecule has 0 saturated heterocycles. The molecule has 2 heterocycles. The molecular weight excluding hydrogens is 603 g/mol. The Labute approximate surface area is 247 Å². The van der Waals surface area contributed by atoms with Crippen molar-refractivity contribution in [1.82, 2.24) is 9.97 Å². The van der Waals surface area contributed by atoms with E-state index in [1.54, 1.807) is 12.4 Å². The molecule has 0 bridgehead atoms. The molecular formula is C32H30Cl2N2SiZr. The zero-order valence-electron chi connectivity index (χ0n) is 22.0. The second kappa shape index (κ2) is 15.9. The van der Waals surface area contributed by atoms with E-state index in [4.69, 9.17) is 17.0 Å². The van der Waals surface area contributed by atoms with Crippen molar-refractivity contribution >= 4 is 48.1 Å². The van der Waals surface area contributed by atoms with Crippen molar-refractivity contribution in [2.75, 3.05) is 0 Å². The van der Waals surface area contributed by atoms with E-state index in [1.165, 1.54) is 54.9 Å². The first-order chi connectivity index (χ1) is 18.5. The van der Waals surface area contributed by atoms with Gasteiger partial charge in [-0.3, -0.25) is 9.97 Å². The fraction of sp³-hybridized carbons (Fsp3) is 0.125. The van der Waals surface area contributed by atoms with Crippen LogP contribution in [0.4, 0.5) is 0 Å². The Balaban J connectivity index is 0.000000175. The predicted molar refractivity (Wildman–Crippen MR) is 164 cm³/mol.